The van der Waals surface area contributed by atoms with Gasteiger partial charge in [-0.2, -0.15) is 13.2 Å². The Morgan fingerprint density at radius 1 is 1.12 bits per heavy atom. The molecule has 0 unspecified atom stereocenters. The van der Waals surface area contributed by atoms with Crippen LogP contribution in [0.2, 0.25) is 5.02 Å². The van der Waals surface area contributed by atoms with Gasteiger partial charge in [0.25, 0.3) is 0 Å². The van der Waals surface area contributed by atoms with Gasteiger partial charge in [-0.05, 0) is 24.3 Å². The van der Waals surface area contributed by atoms with Gasteiger partial charge in [0.05, 0.1) is 16.8 Å². The van der Waals surface area contributed by atoms with Crippen LogP contribution >= 0.6 is 11.6 Å². The van der Waals surface area contributed by atoms with Gasteiger partial charge in [-0.3, -0.25) is 0 Å². The zero-order chi connectivity index (χ0) is 11.8. The molecule has 0 aliphatic heterocycles. The van der Waals surface area contributed by atoms with Gasteiger partial charge in [-0.1, -0.05) is 17.7 Å². The standard InChI is InChI=1S/C11H6ClF3O/c12-9-6-7(10-2-1-5-16-10)3-4-8(9)11(13,14)15/h1-6H. The van der Waals surface area contributed by atoms with Crippen LogP contribution in [0.4, 0.5) is 13.2 Å². The molecule has 0 aliphatic rings. The van der Waals surface area contributed by atoms with Gasteiger partial charge < -0.3 is 4.42 Å². The molecule has 1 nitrogen and oxygen atoms in total. The van der Waals surface area contributed by atoms with Crippen LogP contribution < -0.4 is 0 Å². The van der Waals surface area contributed by atoms with E-state index in [2.05, 4.69) is 0 Å². The molecular formula is C11H6ClF3O. The Hall–Kier alpha value is -1.42. The summed E-state index contributed by atoms with van der Waals surface area (Å²) in [4.78, 5) is 0. The minimum absolute atomic E-state index is 0.332. The summed E-state index contributed by atoms with van der Waals surface area (Å²) in [5.74, 6) is 0.482. The van der Waals surface area contributed by atoms with Crippen LogP contribution in [0, 0.1) is 0 Å². The smallest absolute Gasteiger partial charge is 0.417 e. The number of benzene rings is 1. The predicted octanol–water partition coefficient (Wildman–Crippen LogP) is 4.62. The summed E-state index contributed by atoms with van der Waals surface area (Å²) in [5, 5.41) is -0.332. The van der Waals surface area contributed by atoms with Crippen LogP contribution in [0.1, 0.15) is 5.56 Å². The number of rotatable bonds is 1. The molecule has 0 aliphatic carbocycles. The lowest BCUT2D eigenvalue weighted by Crippen LogP contribution is -2.05. The van der Waals surface area contributed by atoms with E-state index in [9.17, 15) is 13.2 Å². The maximum atomic E-state index is 12.4. The summed E-state index contributed by atoms with van der Waals surface area (Å²) in [6.07, 6.45) is -2.99. The Balaban J connectivity index is 2.45. The Morgan fingerprint density at radius 3 is 2.38 bits per heavy atom. The van der Waals surface area contributed by atoms with Crippen molar-refractivity contribution in [3.63, 3.8) is 0 Å². The molecule has 1 aromatic heterocycles. The van der Waals surface area contributed by atoms with E-state index >= 15 is 0 Å². The second kappa shape index (κ2) is 3.87. The van der Waals surface area contributed by atoms with Crippen molar-refractivity contribution in [2.75, 3.05) is 0 Å². The van der Waals surface area contributed by atoms with Crippen LogP contribution in [0.3, 0.4) is 0 Å². The Bertz CT molecular complexity index is 488. The molecule has 0 radical (unpaired) electrons. The second-order valence-electron chi connectivity index (χ2n) is 3.17. The highest BCUT2D eigenvalue weighted by Gasteiger charge is 2.33. The monoisotopic (exact) mass is 246 g/mol. The van der Waals surface area contributed by atoms with Crippen LogP contribution in [-0.4, -0.2) is 0 Å². The van der Waals surface area contributed by atoms with Gasteiger partial charge in [-0.15, -0.1) is 0 Å². The lowest BCUT2D eigenvalue weighted by molar-refractivity contribution is -0.137. The topological polar surface area (TPSA) is 13.1 Å². The van der Waals surface area contributed by atoms with Crippen molar-refractivity contribution in [1.82, 2.24) is 0 Å². The Morgan fingerprint density at radius 2 is 1.88 bits per heavy atom. The van der Waals surface area contributed by atoms with E-state index in [1.807, 2.05) is 0 Å². The molecule has 84 valence electrons. The summed E-state index contributed by atoms with van der Waals surface area (Å²) in [6, 6.07) is 6.82. The maximum Gasteiger partial charge on any atom is 0.417 e. The largest absolute Gasteiger partial charge is 0.464 e. The molecule has 16 heavy (non-hydrogen) atoms. The summed E-state index contributed by atoms with van der Waals surface area (Å²) >= 11 is 5.57. The van der Waals surface area contributed by atoms with E-state index in [0.29, 0.717) is 11.3 Å². The molecule has 0 spiro atoms. The average Bonchev–Trinajstić information content (AvgIpc) is 2.68. The minimum Gasteiger partial charge on any atom is -0.464 e. The van der Waals surface area contributed by atoms with Crippen molar-refractivity contribution < 1.29 is 17.6 Å². The highest BCUT2D eigenvalue weighted by Crippen LogP contribution is 2.36. The average molecular weight is 247 g/mol. The molecular weight excluding hydrogens is 241 g/mol. The number of halogens is 4. The summed E-state index contributed by atoms with van der Waals surface area (Å²) in [7, 11) is 0. The predicted molar refractivity (Wildman–Crippen MR) is 54.2 cm³/mol. The van der Waals surface area contributed by atoms with E-state index in [1.54, 1.807) is 12.1 Å². The molecule has 0 amide bonds. The van der Waals surface area contributed by atoms with Gasteiger partial charge in [0.1, 0.15) is 5.76 Å². The third-order valence-corrected chi connectivity index (χ3v) is 2.39. The molecule has 2 aromatic rings. The fraction of sp³-hybridized carbons (Fsp3) is 0.0909. The van der Waals surface area contributed by atoms with Crippen LogP contribution in [0.5, 0.6) is 0 Å². The van der Waals surface area contributed by atoms with Crippen LogP contribution in [0.15, 0.2) is 41.0 Å². The lowest BCUT2D eigenvalue weighted by Gasteiger charge is -2.09. The number of furan rings is 1. The maximum absolute atomic E-state index is 12.4. The first-order chi connectivity index (χ1) is 7.48. The lowest BCUT2D eigenvalue weighted by atomic mass is 10.1. The number of alkyl halides is 3. The zero-order valence-corrected chi connectivity index (χ0v) is 8.64. The Labute approximate surface area is 94.4 Å². The fourth-order valence-corrected chi connectivity index (χ4v) is 1.63. The normalized spacial score (nSPS) is 11.8. The first-order valence-electron chi connectivity index (χ1n) is 4.39. The molecule has 0 atom stereocenters. The fourth-order valence-electron chi connectivity index (χ4n) is 1.34. The third kappa shape index (κ3) is 2.07. The van der Waals surface area contributed by atoms with Gasteiger partial charge in [0, 0.05) is 5.56 Å². The van der Waals surface area contributed by atoms with Gasteiger partial charge in [0.15, 0.2) is 0 Å². The van der Waals surface area contributed by atoms with Gasteiger partial charge >= 0.3 is 6.18 Å². The number of hydrogen-bond acceptors (Lipinski definition) is 1. The van der Waals surface area contributed by atoms with Crippen molar-refractivity contribution in [3.05, 3.63) is 47.2 Å². The van der Waals surface area contributed by atoms with Crippen molar-refractivity contribution in [3.8, 4) is 11.3 Å². The van der Waals surface area contributed by atoms with Crippen molar-refractivity contribution >= 4 is 11.6 Å². The third-order valence-electron chi connectivity index (χ3n) is 2.08. The van der Waals surface area contributed by atoms with Gasteiger partial charge in [-0.25, -0.2) is 0 Å². The SMILES string of the molecule is FC(F)(F)c1ccc(-c2ccco2)cc1Cl. The first-order valence-corrected chi connectivity index (χ1v) is 4.77. The summed E-state index contributed by atoms with van der Waals surface area (Å²) in [5.41, 5.74) is -0.326. The second-order valence-corrected chi connectivity index (χ2v) is 3.58. The quantitative estimate of drug-likeness (QED) is 0.716. The molecule has 0 bridgehead atoms. The molecule has 5 heteroatoms. The molecule has 0 saturated heterocycles. The molecule has 2 rings (SSSR count). The molecule has 0 fully saturated rings. The van der Waals surface area contributed by atoms with Gasteiger partial charge in [0.2, 0.25) is 0 Å². The summed E-state index contributed by atoms with van der Waals surface area (Å²) in [6.45, 7) is 0. The molecule has 0 N–H and O–H groups in total. The molecule has 0 saturated carbocycles. The molecule has 1 aromatic carbocycles. The zero-order valence-electron chi connectivity index (χ0n) is 7.88. The van der Waals surface area contributed by atoms with Crippen molar-refractivity contribution in [2.24, 2.45) is 0 Å². The van der Waals surface area contributed by atoms with E-state index < -0.39 is 11.7 Å². The van der Waals surface area contributed by atoms with E-state index in [-0.39, 0.29) is 5.02 Å². The van der Waals surface area contributed by atoms with Crippen LogP contribution in [0.25, 0.3) is 11.3 Å². The van der Waals surface area contributed by atoms with Crippen molar-refractivity contribution in [2.45, 2.75) is 6.18 Å². The Kier molecular flexibility index (Phi) is 2.68. The highest BCUT2D eigenvalue weighted by molar-refractivity contribution is 6.31. The minimum atomic E-state index is -4.43. The van der Waals surface area contributed by atoms with E-state index in [0.717, 1.165) is 6.07 Å². The van der Waals surface area contributed by atoms with Crippen molar-refractivity contribution in [1.29, 1.82) is 0 Å². The van der Waals surface area contributed by atoms with E-state index in [1.165, 1.54) is 18.4 Å². The summed E-state index contributed by atoms with van der Waals surface area (Å²) < 4.78 is 42.3. The van der Waals surface area contributed by atoms with E-state index in [4.69, 9.17) is 16.0 Å². The first kappa shape index (κ1) is 11.1. The molecule has 1 heterocycles. The van der Waals surface area contributed by atoms with Crippen LogP contribution in [-0.2, 0) is 6.18 Å². The number of hydrogen-bond donors (Lipinski definition) is 0. The highest BCUT2D eigenvalue weighted by atomic mass is 35.5.